The minimum Gasteiger partial charge on any atom is -0.482 e. The number of hydrogen-bond acceptors (Lipinski definition) is 4. The standard InChI is InChI=1S/C22H27FN4O2S.HI/c1-24-22(26-13-16-8-9-18(23)12-17(16)15-30-2)25-10-5-11-27-19-6-3-4-7-20(19)29-14-21(27)28;/h3-4,6-9,12H,5,10-11,13-15H2,1-2H3,(H2,24,25,26);1H. The molecule has 168 valence electrons. The number of anilines is 1. The Bertz CT molecular complexity index is 913. The van der Waals surface area contributed by atoms with Gasteiger partial charge in [0.1, 0.15) is 11.6 Å². The van der Waals surface area contributed by atoms with E-state index in [0.717, 1.165) is 34.7 Å². The first-order valence-electron chi connectivity index (χ1n) is 9.85. The van der Waals surface area contributed by atoms with Gasteiger partial charge in [-0.1, -0.05) is 18.2 Å². The predicted molar refractivity (Wildman–Crippen MR) is 136 cm³/mol. The molecular formula is C22H28FIN4O2S. The zero-order chi connectivity index (χ0) is 21.3. The summed E-state index contributed by atoms with van der Waals surface area (Å²) in [5.74, 6) is 1.92. The summed E-state index contributed by atoms with van der Waals surface area (Å²) in [7, 11) is 1.71. The Morgan fingerprint density at radius 2 is 2.03 bits per heavy atom. The van der Waals surface area contributed by atoms with Crippen molar-refractivity contribution in [2.75, 3.05) is 37.9 Å². The summed E-state index contributed by atoms with van der Waals surface area (Å²) < 4.78 is 19.0. The quantitative estimate of drug-likeness (QED) is 0.224. The fourth-order valence-corrected chi connectivity index (χ4v) is 3.88. The van der Waals surface area contributed by atoms with E-state index < -0.39 is 0 Å². The van der Waals surface area contributed by atoms with Crippen molar-refractivity contribution in [1.29, 1.82) is 0 Å². The Kier molecular flexibility index (Phi) is 10.4. The van der Waals surface area contributed by atoms with Gasteiger partial charge in [0.05, 0.1) is 5.69 Å². The molecule has 2 aromatic carbocycles. The van der Waals surface area contributed by atoms with Gasteiger partial charge in [0.25, 0.3) is 5.91 Å². The molecule has 9 heteroatoms. The largest absolute Gasteiger partial charge is 0.482 e. The van der Waals surface area contributed by atoms with Crippen molar-refractivity contribution in [3.05, 3.63) is 59.4 Å². The zero-order valence-electron chi connectivity index (χ0n) is 17.7. The van der Waals surface area contributed by atoms with Crippen LogP contribution >= 0.6 is 35.7 Å². The molecule has 0 aliphatic carbocycles. The number of rotatable bonds is 8. The molecule has 0 unspecified atom stereocenters. The molecule has 0 aromatic heterocycles. The van der Waals surface area contributed by atoms with Crippen molar-refractivity contribution in [3.8, 4) is 5.75 Å². The Morgan fingerprint density at radius 1 is 1.23 bits per heavy atom. The Balaban J connectivity index is 0.00000341. The number of nitrogens with zero attached hydrogens (tertiary/aromatic N) is 2. The number of guanidine groups is 1. The minimum absolute atomic E-state index is 0. The monoisotopic (exact) mass is 558 g/mol. The van der Waals surface area contributed by atoms with Gasteiger partial charge < -0.3 is 20.3 Å². The third kappa shape index (κ3) is 6.99. The van der Waals surface area contributed by atoms with Gasteiger partial charge in [0.15, 0.2) is 12.6 Å². The molecule has 6 nitrogen and oxygen atoms in total. The van der Waals surface area contributed by atoms with Crippen LogP contribution in [0.3, 0.4) is 0 Å². The van der Waals surface area contributed by atoms with Crippen LogP contribution in [-0.2, 0) is 17.1 Å². The highest BCUT2D eigenvalue weighted by Crippen LogP contribution is 2.31. The molecule has 1 aliphatic heterocycles. The van der Waals surface area contributed by atoms with E-state index in [0.29, 0.717) is 25.6 Å². The molecule has 0 spiro atoms. The molecule has 0 bridgehead atoms. The molecule has 31 heavy (non-hydrogen) atoms. The second-order valence-electron chi connectivity index (χ2n) is 6.85. The Hall–Kier alpha value is -2.01. The Labute approximate surface area is 204 Å². The third-order valence-corrected chi connectivity index (χ3v) is 5.40. The Morgan fingerprint density at radius 3 is 2.81 bits per heavy atom. The van der Waals surface area contributed by atoms with Crippen LogP contribution in [0.15, 0.2) is 47.5 Å². The van der Waals surface area contributed by atoms with E-state index in [-0.39, 0.29) is 42.3 Å². The van der Waals surface area contributed by atoms with Gasteiger partial charge >= 0.3 is 0 Å². The maximum absolute atomic E-state index is 13.5. The first-order chi connectivity index (χ1) is 14.6. The van der Waals surface area contributed by atoms with Crippen molar-refractivity contribution >= 4 is 53.3 Å². The lowest BCUT2D eigenvalue weighted by Gasteiger charge is -2.29. The normalized spacial score (nSPS) is 13.2. The number of para-hydroxylation sites is 2. The average molecular weight is 558 g/mol. The van der Waals surface area contributed by atoms with Crippen LogP contribution in [0.1, 0.15) is 17.5 Å². The van der Waals surface area contributed by atoms with Crippen molar-refractivity contribution < 1.29 is 13.9 Å². The second kappa shape index (κ2) is 12.7. The number of ether oxygens (including phenoxy) is 1. The highest BCUT2D eigenvalue weighted by molar-refractivity contribution is 14.0. The van der Waals surface area contributed by atoms with Gasteiger partial charge in [-0.25, -0.2) is 4.39 Å². The average Bonchev–Trinajstić information content (AvgIpc) is 2.76. The number of nitrogens with one attached hydrogen (secondary N) is 2. The van der Waals surface area contributed by atoms with E-state index in [1.807, 2.05) is 36.6 Å². The molecule has 2 aromatic rings. The van der Waals surface area contributed by atoms with Gasteiger partial charge in [0.2, 0.25) is 0 Å². The lowest BCUT2D eigenvalue weighted by Crippen LogP contribution is -2.42. The topological polar surface area (TPSA) is 66.0 Å². The zero-order valence-corrected chi connectivity index (χ0v) is 20.8. The van der Waals surface area contributed by atoms with Crippen LogP contribution in [0.2, 0.25) is 0 Å². The summed E-state index contributed by atoms with van der Waals surface area (Å²) in [6.07, 6.45) is 2.76. The highest BCUT2D eigenvalue weighted by Gasteiger charge is 2.24. The number of amides is 1. The summed E-state index contributed by atoms with van der Waals surface area (Å²) in [6.45, 7) is 1.89. The summed E-state index contributed by atoms with van der Waals surface area (Å²) in [6, 6.07) is 12.4. The lowest BCUT2D eigenvalue weighted by molar-refractivity contribution is -0.121. The van der Waals surface area contributed by atoms with Crippen LogP contribution in [-0.4, -0.2) is 44.9 Å². The number of hydrogen-bond donors (Lipinski definition) is 2. The highest BCUT2D eigenvalue weighted by atomic mass is 127. The molecule has 1 amide bonds. The van der Waals surface area contributed by atoms with E-state index in [1.165, 1.54) is 6.07 Å². The fourth-order valence-electron chi connectivity index (χ4n) is 3.30. The van der Waals surface area contributed by atoms with Crippen molar-refractivity contribution in [2.45, 2.75) is 18.7 Å². The number of aliphatic imine (C=N–C) groups is 1. The first kappa shape index (κ1) is 25.3. The van der Waals surface area contributed by atoms with Crippen molar-refractivity contribution in [1.82, 2.24) is 10.6 Å². The van der Waals surface area contributed by atoms with Gasteiger partial charge in [-0.3, -0.25) is 9.79 Å². The maximum Gasteiger partial charge on any atom is 0.265 e. The van der Waals surface area contributed by atoms with Crippen LogP contribution in [0.5, 0.6) is 5.75 Å². The SMILES string of the molecule is CN=C(NCCCN1C(=O)COc2ccccc21)NCc1ccc(F)cc1CSC.I. The smallest absolute Gasteiger partial charge is 0.265 e. The van der Waals surface area contributed by atoms with Gasteiger partial charge in [-0.15, -0.1) is 24.0 Å². The lowest BCUT2D eigenvalue weighted by atomic mass is 10.1. The summed E-state index contributed by atoms with van der Waals surface area (Å²) in [5, 5.41) is 6.54. The third-order valence-electron chi connectivity index (χ3n) is 4.80. The van der Waals surface area contributed by atoms with Crippen LogP contribution in [0.25, 0.3) is 0 Å². The van der Waals surface area contributed by atoms with Crippen LogP contribution in [0, 0.1) is 5.82 Å². The molecule has 0 radical (unpaired) electrons. The first-order valence-corrected chi connectivity index (χ1v) is 11.2. The molecule has 1 heterocycles. The number of carbonyl (C=O) groups excluding carboxylic acids is 1. The van der Waals surface area contributed by atoms with Gasteiger partial charge in [-0.2, -0.15) is 11.8 Å². The number of fused-ring (bicyclic) bond motifs is 1. The minimum atomic E-state index is -0.218. The number of thioether (sulfide) groups is 1. The number of carbonyl (C=O) groups is 1. The van der Waals surface area contributed by atoms with E-state index in [2.05, 4.69) is 15.6 Å². The number of halogens is 2. The van der Waals surface area contributed by atoms with Gasteiger partial charge in [-0.05, 0) is 48.1 Å². The molecule has 0 saturated heterocycles. The summed E-state index contributed by atoms with van der Waals surface area (Å²) in [4.78, 5) is 18.2. The molecule has 2 N–H and O–H groups in total. The molecule has 3 rings (SSSR count). The number of benzene rings is 2. The molecule has 0 atom stereocenters. The van der Waals surface area contributed by atoms with Crippen molar-refractivity contribution in [3.63, 3.8) is 0 Å². The fraction of sp³-hybridized carbons (Fsp3) is 0.364. The molecule has 1 aliphatic rings. The molecule has 0 fully saturated rings. The van der Waals surface area contributed by atoms with Crippen molar-refractivity contribution in [2.24, 2.45) is 4.99 Å². The van der Waals surface area contributed by atoms with Crippen LogP contribution < -0.4 is 20.3 Å². The van der Waals surface area contributed by atoms with E-state index in [1.54, 1.807) is 29.8 Å². The van der Waals surface area contributed by atoms with Crippen LogP contribution in [0.4, 0.5) is 10.1 Å². The van der Waals surface area contributed by atoms with Gasteiger partial charge in [0, 0.05) is 32.4 Å². The summed E-state index contributed by atoms with van der Waals surface area (Å²) in [5.41, 5.74) is 2.84. The summed E-state index contributed by atoms with van der Waals surface area (Å²) >= 11 is 1.66. The van der Waals surface area contributed by atoms with E-state index >= 15 is 0 Å². The second-order valence-corrected chi connectivity index (χ2v) is 7.72. The van der Waals surface area contributed by atoms with E-state index in [9.17, 15) is 9.18 Å². The van der Waals surface area contributed by atoms with E-state index in [4.69, 9.17) is 4.74 Å². The molecule has 0 saturated carbocycles. The molecular weight excluding hydrogens is 530 g/mol. The maximum atomic E-state index is 13.5. The predicted octanol–water partition coefficient (Wildman–Crippen LogP) is 3.79.